The van der Waals surface area contributed by atoms with E-state index in [1.165, 1.54) is 30.4 Å². The van der Waals surface area contributed by atoms with Crippen molar-refractivity contribution in [2.24, 2.45) is 0 Å². The number of likely N-dealkylation sites (N-methyl/N-ethyl adjacent to an activating group) is 1. The van der Waals surface area contributed by atoms with Crippen LogP contribution < -0.4 is 0 Å². The number of nitrogens with zero attached hydrogens (tertiary/aromatic N) is 1. The summed E-state index contributed by atoms with van der Waals surface area (Å²) in [5.74, 6) is 1.31. The molecule has 1 rings (SSSR count). The lowest BCUT2D eigenvalue weighted by Crippen LogP contribution is -2.37. The van der Waals surface area contributed by atoms with Gasteiger partial charge in [-0.3, -0.25) is 18.6 Å². The summed E-state index contributed by atoms with van der Waals surface area (Å²) in [4.78, 5) is 35.5. The van der Waals surface area contributed by atoms with E-state index in [4.69, 9.17) is 22.9 Å². The molecule has 0 saturated heterocycles. The Morgan fingerprint density at radius 3 is 1.94 bits per heavy atom. The lowest BCUT2D eigenvalue weighted by molar-refractivity contribution is -0.870. The van der Waals surface area contributed by atoms with Crippen LogP contribution in [0, 0.1) is 13.8 Å². The monoisotopic (exact) mass is 889 g/mol. The van der Waals surface area contributed by atoms with Crippen LogP contribution in [0.15, 0.2) is 77.3 Å². The summed E-state index contributed by atoms with van der Waals surface area (Å²) >= 11 is 0. The van der Waals surface area contributed by atoms with E-state index in [1.807, 2.05) is 63.7 Å². The molecule has 0 aromatic carbocycles. The zero-order valence-corrected chi connectivity index (χ0v) is 40.3. The van der Waals surface area contributed by atoms with E-state index in [0.717, 1.165) is 82.1 Å². The van der Waals surface area contributed by atoms with Crippen molar-refractivity contribution in [3.05, 3.63) is 95.6 Å². The van der Waals surface area contributed by atoms with Gasteiger partial charge in [-0.1, -0.05) is 125 Å². The van der Waals surface area contributed by atoms with Crippen molar-refractivity contribution in [2.75, 3.05) is 47.5 Å². The molecule has 1 aromatic heterocycles. The summed E-state index contributed by atoms with van der Waals surface area (Å²) < 4.78 is 40.5. The van der Waals surface area contributed by atoms with Gasteiger partial charge in [0.1, 0.15) is 31.3 Å². The van der Waals surface area contributed by atoms with Gasteiger partial charge in [0, 0.05) is 25.7 Å². The first-order valence-electron chi connectivity index (χ1n) is 23.1. The number of phosphoric acid groups is 1. The first-order chi connectivity index (χ1) is 29.7. The number of unbranched alkanes of at least 4 members (excludes halogenated alkanes) is 7. The van der Waals surface area contributed by atoms with Crippen molar-refractivity contribution >= 4 is 19.8 Å². The number of aliphatic hydroxyl groups is 1. The van der Waals surface area contributed by atoms with Crippen LogP contribution >= 0.6 is 7.82 Å². The lowest BCUT2D eigenvalue weighted by atomic mass is 10.0. The van der Waals surface area contributed by atoms with Crippen molar-refractivity contribution in [1.29, 1.82) is 0 Å². The van der Waals surface area contributed by atoms with E-state index < -0.39 is 38.6 Å². The van der Waals surface area contributed by atoms with Gasteiger partial charge < -0.3 is 28.4 Å². The highest BCUT2D eigenvalue weighted by Gasteiger charge is 2.27. The molecule has 11 nitrogen and oxygen atoms in total. The van der Waals surface area contributed by atoms with Crippen molar-refractivity contribution in [2.45, 2.75) is 162 Å². The Kier molecular flexibility index (Phi) is 32.1. The fraction of sp³-hybridized carbons (Fsp3) is 0.640. The van der Waals surface area contributed by atoms with E-state index in [9.17, 15) is 24.2 Å². The van der Waals surface area contributed by atoms with Crippen LogP contribution in [-0.2, 0) is 45.5 Å². The second-order valence-corrected chi connectivity index (χ2v) is 18.3. The normalized spacial score (nSPS) is 14.7. The van der Waals surface area contributed by atoms with Gasteiger partial charge in [-0.05, 0) is 82.8 Å². The van der Waals surface area contributed by atoms with Crippen LogP contribution in [0.4, 0.5) is 0 Å². The number of quaternary nitrogens is 1. The number of ether oxygens (including phenoxy) is 2. The van der Waals surface area contributed by atoms with Crippen molar-refractivity contribution < 1.29 is 51.6 Å². The molecule has 0 aliphatic rings. The average Bonchev–Trinajstić information content (AvgIpc) is 3.48. The average molecular weight is 889 g/mol. The number of aryl methyl sites for hydroxylation is 2. The maximum atomic E-state index is 12.7. The fourth-order valence-electron chi connectivity index (χ4n) is 6.12. The highest BCUT2D eigenvalue weighted by atomic mass is 31.2. The molecule has 62 heavy (non-hydrogen) atoms. The number of allylic oxidation sites excluding steroid dienone is 10. The predicted octanol–water partition coefficient (Wildman–Crippen LogP) is 11.6. The maximum absolute atomic E-state index is 12.7. The summed E-state index contributed by atoms with van der Waals surface area (Å²) in [7, 11) is 1.37. The molecule has 12 heteroatoms. The number of phosphoric ester groups is 1. The summed E-state index contributed by atoms with van der Waals surface area (Å²) in [6.45, 7) is 8.34. The first-order valence-corrected chi connectivity index (χ1v) is 24.6. The maximum Gasteiger partial charge on any atom is 0.472 e. The zero-order chi connectivity index (χ0) is 45.9. The third-order valence-electron chi connectivity index (χ3n) is 10.0. The molecule has 2 unspecified atom stereocenters. The molecule has 1 aromatic rings. The summed E-state index contributed by atoms with van der Waals surface area (Å²) in [6.07, 6.45) is 38.5. The smallest absolute Gasteiger partial charge is 0.466 e. The molecule has 0 aliphatic carbocycles. The van der Waals surface area contributed by atoms with Gasteiger partial charge in [-0.15, -0.1) is 0 Å². The topological polar surface area (TPSA) is 142 Å². The van der Waals surface area contributed by atoms with E-state index in [-0.39, 0.29) is 26.1 Å². The molecule has 0 bridgehead atoms. The van der Waals surface area contributed by atoms with E-state index in [0.29, 0.717) is 30.3 Å². The van der Waals surface area contributed by atoms with E-state index >= 15 is 0 Å². The summed E-state index contributed by atoms with van der Waals surface area (Å²) in [5.41, 5.74) is 2.59. The largest absolute Gasteiger partial charge is 0.472 e. The van der Waals surface area contributed by atoms with Gasteiger partial charge in [0.2, 0.25) is 0 Å². The fourth-order valence-corrected chi connectivity index (χ4v) is 6.87. The number of hydrogen-bond acceptors (Lipinski definition) is 9. The van der Waals surface area contributed by atoms with Crippen LogP contribution in [0.2, 0.25) is 0 Å². The van der Waals surface area contributed by atoms with Gasteiger partial charge in [0.25, 0.3) is 0 Å². The molecule has 0 saturated carbocycles. The SMILES string of the molecule is CC/C=C\CC(O)/C=C/C=C/C/C=C\C/C=C\C/C=C\CCC(=O)O[C@H](COC(=O)CCCCCCCCc1oc(CCCCC)c(C)c1C)COP(=O)(O)OCC[N+](C)(C)C. The molecule has 0 fully saturated rings. The number of rotatable bonds is 37. The Bertz CT molecular complexity index is 1580. The molecular weight excluding hydrogens is 806 g/mol. The molecule has 0 amide bonds. The van der Waals surface area contributed by atoms with Crippen LogP contribution in [0.3, 0.4) is 0 Å². The summed E-state index contributed by atoms with van der Waals surface area (Å²) in [6, 6.07) is 0. The van der Waals surface area contributed by atoms with E-state index in [2.05, 4.69) is 52.0 Å². The Hall–Kier alpha value is -3.31. The second kappa shape index (κ2) is 35.1. The van der Waals surface area contributed by atoms with Gasteiger partial charge in [0.05, 0.1) is 33.9 Å². The highest BCUT2D eigenvalue weighted by molar-refractivity contribution is 7.47. The minimum absolute atomic E-state index is 0.00107. The number of carbonyl (C=O) groups is 2. The van der Waals surface area contributed by atoms with Gasteiger partial charge >= 0.3 is 19.8 Å². The molecule has 0 spiro atoms. The van der Waals surface area contributed by atoms with Crippen LogP contribution in [0.25, 0.3) is 0 Å². The first kappa shape index (κ1) is 56.7. The molecule has 2 N–H and O–H groups in total. The van der Waals surface area contributed by atoms with Crippen LogP contribution in [0.5, 0.6) is 0 Å². The standard InChI is InChI=1S/C50H82NO10P/c1-8-10-27-33-45(52)34-29-23-19-17-15-13-12-14-16-18-20-26-32-38-50(54)60-46(42-59-62(55,56)58-40-39-51(5,6)7)41-57-49(53)37-31-25-22-21-24-30-36-48-44(4)43(3)47(61-48)35-28-11-9-2/h10,13-16,19-20,23,26-27,29,34,45-46,52H,8-9,11-12,17-18,21-22,24-25,28,30-33,35-42H2,1-7H3/p+1/b15-13-,16-14-,23-19+,26-20-,27-10-,34-29+/t45?,46-/m1/s1. The summed E-state index contributed by atoms with van der Waals surface area (Å²) in [5, 5.41) is 9.86. The molecule has 3 atom stereocenters. The Morgan fingerprint density at radius 1 is 0.710 bits per heavy atom. The highest BCUT2D eigenvalue weighted by Crippen LogP contribution is 2.43. The minimum Gasteiger partial charge on any atom is -0.466 e. The van der Waals surface area contributed by atoms with E-state index in [1.54, 1.807) is 6.08 Å². The Morgan fingerprint density at radius 2 is 1.31 bits per heavy atom. The zero-order valence-electron chi connectivity index (χ0n) is 39.4. The second-order valence-electron chi connectivity index (χ2n) is 16.8. The number of esters is 2. The number of aliphatic hydroxyl groups excluding tert-OH is 1. The molecule has 1 heterocycles. The minimum atomic E-state index is -4.43. The van der Waals surface area contributed by atoms with Gasteiger partial charge in [0.15, 0.2) is 6.10 Å². The Labute approximate surface area is 375 Å². The molecule has 0 radical (unpaired) electrons. The van der Waals surface area contributed by atoms with Gasteiger partial charge in [-0.2, -0.15) is 0 Å². The molecular formula is C50H83NO10P+. The third-order valence-corrected chi connectivity index (χ3v) is 11.0. The number of hydrogen-bond donors (Lipinski definition) is 2. The quantitative estimate of drug-likeness (QED) is 0.0166. The van der Waals surface area contributed by atoms with Crippen molar-refractivity contribution in [3.8, 4) is 0 Å². The lowest BCUT2D eigenvalue weighted by Gasteiger charge is -2.24. The van der Waals surface area contributed by atoms with Gasteiger partial charge in [-0.25, -0.2) is 4.57 Å². The van der Waals surface area contributed by atoms with Crippen molar-refractivity contribution in [3.63, 3.8) is 0 Å². The van der Waals surface area contributed by atoms with Crippen LogP contribution in [0.1, 0.15) is 146 Å². The van der Waals surface area contributed by atoms with Crippen molar-refractivity contribution in [1.82, 2.24) is 0 Å². The molecule has 0 aliphatic heterocycles. The number of carbonyl (C=O) groups excluding carboxylic acids is 2. The third kappa shape index (κ3) is 31.5. The Balaban J connectivity index is 2.44. The predicted molar refractivity (Wildman–Crippen MR) is 252 cm³/mol. The molecule has 352 valence electrons. The van der Waals surface area contributed by atoms with Crippen LogP contribution in [-0.4, -0.2) is 86.1 Å². The number of furan rings is 1.